The molecule has 0 fully saturated rings. The number of carbonyl (C=O) groups is 1. The van der Waals surface area contributed by atoms with E-state index in [2.05, 4.69) is 31.3 Å². The number of nitrogens with zero attached hydrogens (tertiary/aromatic N) is 3. The first-order valence-corrected chi connectivity index (χ1v) is 8.37. The quantitative estimate of drug-likeness (QED) is 0.649. The molecule has 0 aliphatic carbocycles. The monoisotopic (exact) mass is 440 g/mol. The van der Waals surface area contributed by atoms with Crippen molar-refractivity contribution in [2.75, 3.05) is 11.9 Å². The lowest BCUT2D eigenvalue weighted by Crippen LogP contribution is -2.21. The van der Waals surface area contributed by atoms with Gasteiger partial charge in [0.05, 0.1) is 16.9 Å². The van der Waals surface area contributed by atoms with Crippen LogP contribution in [-0.4, -0.2) is 27.3 Å². The predicted octanol–water partition coefficient (Wildman–Crippen LogP) is 4.07. The molecule has 0 saturated heterocycles. The van der Waals surface area contributed by atoms with Gasteiger partial charge in [-0.25, -0.2) is 9.67 Å². The number of benzene rings is 2. The summed E-state index contributed by atoms with van der Waals surface area (Å²) in [4.78, 5) is 15.9. The molecule has 0 bridgehead atoms. The van der Waals surface area contributed by atoms with Crippen LogP contribution in [0.3, 0.4) is 0 Å². The van der Waals surface area contributed by atoms with E-state index in [9.17, 15) is 18.0 Å². The van der Waals surface area contributed by atoms with Crippen molar-refractivity contribution in [3.63, 3.8) is 0 Å². The topological polar surface area (TPSA) is 69.0 Å². The zero-order valence-corrected chi connectivity index (χ0v) is 15.2. The minimum atomic E-state index is -4.55. The van der Waals surface area contributed by atoms with Crippen LogP contribution in [0.5, 0.6) is 5.75 Å². The molecule has 1 N–H and O–H groups in total. The van der Waals surface area contributed by atoms with Gasteiger partial charge in [0.15, 0.2) is 6.61 Å². The van der Waals surface area contributed by atoms with Gasteiger partial charge in [-0.15, -0.1) is 0 Å². The maximum atomic E-state index is 13.0. The molecule has 6 nitrogen and oxygen atoms in total. The van der Waals surface area contributed by atoms with Crippen LogP contribution in [0.4, 0.5) is 18.9 Å². The van der Waals surface area contributed by atoms with E-state index in [4.69, 9.17) is 4.74 Å². The Balaban J connectivity index is 1.80. The second-order valence-corrected chi connectivity index (χ2v) is 6.28. The molecule has 0 atom stereocenters. The highest BCUT2D eigenvalue weighted by atomic mass is 79.9. The van der Waals surface area contributed by atoms with Gasteiger partial charge >= 0.3 is 6.18 Å². The number of hydrogen-bond acceptors (Lipinski definition) is 4. The molecule has 0 radical (unpaired) electrons. The lowest BCUT2D eigenvalue weighted by molar-refractivity contribution is -0.137. The molecule has 3 rings (SSSR count). The molecule has 0 saturated carbocycles. The number of halogens is 4. The van der Waals surface area contributed by atoms with Crippen molar-refractivity contribution in [2.45, 2.75) is 6.18 Å². The van der Waals surface area contributed by atoms with Crippen LogP contribution in [0.1, 0.15) is 5.56 Å². The summed E-state index contributed by atoms with van der Waals surface area (Å²) in [5.41, 5.74) is -0.705. The van der Waals surface area contributed by atoms with Gasteiger partial charge in [0, 0.05) is 4.47 Å². The number of hydrogen-bond donors (Lipinski definition) is 1. The first kappa shape index (κ1) is 18.9. The predicted molar refractivity (Wildman–Crippen MR) is 94.6 cm³/mol. The minimum absolute atomic E-state index is 0.0573. The van der Waals surface area contributed by atoms with Crippen molar-refractivity contribution in [1.82, 2.24) is 14.8 Å². The van der Waals surface area contributed by atoms with Crippen LogP contribution < -0.4 is 10.1 Å². The highest BCUT2D eigenvalue weighted by molar-refractivity contribution is 9.10. The average molecular weight is 441 g/mol. The van der Waals surface area contributed by atoms with Crippen LogP contribution in [0.25, 0.3) is 5.69 Å². The summed E-state index contributed by atoms with van der Waals surface area (Å²) in [6.45, 7) is -0.372. The van der Waals surface area contributed by atoms with Gasteiger partial charge in [0.1, 0.15) is 18.4 Å². The summed E-state index contributed by atoms with van der Waals surface area (Å²) in [6.07, 6.45) is -2.00. The first-order valence-electron chi connectivity index (χ1n) is 7.57. The third-order valence-corrected chi connectivity index (χ3v) is 3.92. The Hall–Kier alpha value is -2.88. The van der Waals surface area contributed by atoms with Gasteiger partial charge in [-0.2, -0.15) is 18.3 Å². The summed E-state index contributed by atoms with van der Waals surface area (Å²) < 4.78 is 46.4. The molecule has 10 heteroatoms. The number of nitrogens with one attached hydrogen (secondary N) is 1. The molecule has 27 heavy (non-hydrogen) atoms. The van der Waals surface area contributed by atoms with Crippen LogP contribution in [0.2, 0.25) is 0 Å². The van der Waals surface area contributed by atoms with E-state index >= 15 is 0 Å². The second-order valence-electron chi connectivity index (χ2n) is 5.36. The number of aromatic nitrogens is 3. The van der Waals surface area contributed by atoms with E-state index in [1.54, 1.807) is 24.3 Å². The minimum Gasteiger partial charge on any atom is -0.484 e. The first-order chi connectivity index (χ1) is 12.8. The number of rotatable bonds is 5. The molecular formula is C17H12BrF3N4O2. The summed E-state index contributed by atoms with van der Waals surface area (Å²) >= 11 is 3.28. The van der Waals surface area contributed by atoms with E-state index in [1.807, 2.05) is 0 Å². The largest absolute Gasteiger partial charge is 0.484 e. The summed E-state index contributed by atoms with van der Waals surface area (Å²) in [6, 6.07) is 9.80. The molecule has 0 aliphatic rings. The fourth-order valence-electron chi connectivity index (χ4n) is 2.24. The molecule has 0 aliphatic heterocycles. The van der Waals surface area contributed by atoms with Crippen LogP contribution in [0, 0.1) is 0 Å². The van der Waals surface area contributed by atoms with Gasteiger partial charge in [0.2, 0.25) is 0 Å². The fraction of sp³-hybridized carbons (Fsp3) is 0.118. The van der Waals surface area contributed by atoms with E-state index < -0.39 is 17.6 Å². The van der Waals surface area contributed by atoms with Gasteiger partial charge in [0.25, 0.3) is 5.91 Å². The number of anilines is 1. The maximum absolute atomic E-state index is 13.0. The SMILES string of the molecule is O=C(COc1cccc(Br)c1)Nc1cc(C(F)(F)F)ccc1-n1cncn1. The lowest BCUT2D eigenvalue weighted by atomic mass is 10.1. The summed E-state index contributed by atoms with van der Waals surface area (Å²) in [5, 5.41) is 6.32. The Morgan fingerprint density at radius 1 is 1.22 bits per heavy atom. The Morgan fingerprint density at radius 2 is 2.04 bits per heavy atom. The van der Waals surface area contributed by atoms with Crippen molar-refractivity contribution in [3.8, 4) is 11.4 Å². The molecule has 2 aromatic carbocycles. The molecule has 1 aromatic heterocycles. The van der Waals surface area contributed by atoms with Crippen molar-refractivity contribution < 1.29 is 22.7 Å². The standard InChI is InChI=1S/C17H12BrF3N4O2/c18-12-2-1-3-13(7-12)27-8-16(26)24-14-6-11(17(19,20)21)4-5-15(14)25-10-22-9-23-25/h1-7,9-10H,8H2,(H,24,26). The Labute approximate surface area is 160 Å². The van der Waals surface area contributed by atoms with Gasteiger partial charge in [-0.3, -0.25) is 4.79 Å². The second kappa shape index (κ2) is 7.78. The maximum Gasteiger partial charge on any atom is 0.416 e. The van der Waals surface area contributed by atoms with Crippen molar-refractivity contribution in [1.29, 1.82) is 0 Å². The lowest BCUT2D eigenvalue weighted by Gasteiger charge is -2.14. The summed E-state index contributed by atoms with van der Waals surface area (Å²) in [5.74, 6) is -0.171. The average Bonchev–Trinajstić information content (AvgIpc) is 3.13. The summed E-state index contributed by atoms with van der Waals surface area (Å²) in [7, 11) is 0. The number of ether oxygens (including phenoxy) is 1. The zero-order valence-electron chi connectivity index (χ0n) is 13.6. The number of amides is 1. The van der Waals surface area contributed by atoms with Crippen molar-refractivity contribution >= 4 is 27.5 Å². The van der Waals surface area contributed by atoms with E-state index in [0.29, 0.717) is 5.75 Å². The Morgan fingerprint density at radius 3 is 2.70 bits per heavy atom. The van der Waals surface area contributed by atoms with Crippen LogP contribution in [-0.2, 0) is 11.0 Å². The molecule has 3 aromatic rings. The van der Waals surface area contributed by atoms with Gasteiger partial charge in [-0.05, 0) is 36.4 Å². The van der Waals surface area contributed by atoms with E-state index in [-0.39, 0.29) is 18.0 Å². The highest BCUT2D eigenvalue weighted by Crippen LogP contribution is 2.33. The smallest absolute Gasteiger partial charge is 0.416 e. The molecule has 1 heterocycles. The highest BCUT2D eigenvalue weighted by Gasteiger charge is 2.31. The number of alkyl halides is 3. The van der Waals surface area contributed by atoms with E-state index in [1.165, 1.54) is 23.4 Å². The molecular weight excluding hydrogens is 429 g/mol. The Bertz CT molecular complexity index is 946. The zero-order chi connectivity index (χ0) is 19.4. The van der Waals surface area contributed by atoms with Crippen LogP contribution >= 0.6 is 15.9 Å². The third-order valence-electron chi connectivity index (χ3n) is 3.43. The number of carbonyl (C=O) groups excluding carboxylic acids is 1. The van der Waals surface area contributed by atoms with E-state index in [0.717, 1.165) is 16.6 Å². The van der Waals surface area contributed by atoms with Crippen molar-refractivity contribution in [3.05, 3.63) is 65.2 Å². The Kier molecular flexibility index (Phi) is 5.45. The molecule has 140 valence electrons. The third kappa shape index (κ3) is 4.85. The molecule has 1 amide bonds. The van der Waals surface area contributed by atoms with Crippen molar-refractivity contribution in [2.24, 2.45) is 0 Å². The van der Waals surface area contributed by atoms with Crippen LogP contribution in [0.15, 0.2) is 59.6 Å². The molecule has 0 unspecified atom stereocenters. The fourth-order valence-corrected chi connectivity index (χ4v) is 2.62. The normalized spacial score (nSPS) is 11.3. The molecule has 0 spiro atoms. The van der Waals surface area contributed by atoms with Gasteiger partial charge < -0.3 is 10.1 Å². The van der Waals surface area contributed by atoms with Gasteiger partial charge in [-0.1, -0.05) is 22.0 Å².